The Balaban J connectivity index is 0.916. The molecule has 0 amide bonds. The highest BCUT2D eigenvalue weighted by Gasteiger charge is 2.23. The largest absolute Gasteiger partial charge is 0.510 e. The minimum Gasteiger partial charge on any atom is -0.494 e. The van der Waals surface area contributed by atoms with Crippen molar-refractivity contribution in [3.63, 3.8) is 0 Å². The molecule has 2 aliphatic rings. The van der Waals surface area contributed by atoms with Crippen LogP contribution in [0.25, 0.3) is 22.2 Å². The van der Waals surface area contributed by atoms with E-state index in [2.05, 4.69) is 39.4 Å². The Hall–Kier alpha value is -4.31. The molecule has 1 unspecified atom stereocenters. The Bertz CT molecular complexity index is 1610. The van der Waals surface area contributed by atoms with Gasteiger partial charge in [-0.15, -0.1) is 11.3 Å². The first-order valence-electron chi connectivity index (χ1n) is 15.5. The minimum atomic E-state index is -0.933. The van der Waals surface area contributed by atoms with Gasteiger partial charge in [-0.25, -0.2) is 4.79 Å². The van der Waals surface area contributed by atoms with Crippen LogP contribution in [0.1, 0.15) is 24.0 Å². The van der Waals surface area contributed by atoms with Gasteiger partial charge in [-0.2, -0.15) is 0 Å². The first kappa shape index (κ1) is 30.7. The number of hydrogen-bond acceptors (Lipinski definition) is 9. The molecule has 45 heavy (non-hydrogen) atoms. The molecule has 0 aliphatic carbocycles. The van der Waals surface area contributed by atoms with Crippen LogP contribution in [0, 0.1) is 0 Å². The number of hydrogen-bond donors (Lipinski definition) is 1. The van der Waals surface area contributed by atoms with E-state index in [4.69, 9.17) is 14.2 Å². The summed E-state index contributed by atoms with van der Waals surface area (Å²) in [5.41, 5.74) is 4.01. The van der Waals surface area contributed by atoms with Gasteiger partial charge in [-0.3, -0.25) is 4.90 Å². The molecule has 0 radical (unpaired) electrons. The van der Waals surface area contributed by atoms with Gasteiger partial charge in [-0.1, -0.05) is 48.6 Å². The Labute approximate surface area is 268 Å². The van der Waals surface area contributed by atoms with Gasteiger partial charge in [0, 0.05) is 48.0 Å². The standard InChI is InChI=1S/C36H39N3O5S/c40-35-16-14-29-13-15-30(26-33(29)39(35)27-44-36(41)43-24-7-10-28-8-2-1-3-9-28)42-23-5-4-18-37-19-21-38(22-20-37)32-11-6-12-34-31(32)17-25-45-34/h1-3,6-17,25-26,35,40H,4-5,18-24,27H2. The summed E-state index contributed by atoms with van der Waals surface area (Å²) in [4.78, 5) is 18.8. The summed E-state index contributed by atoms with van der Waals surface area (Å²) in [6.45, 7) is 5.83. The molecule has 0 spiro atoms. The third-order valence-corrected chi connectivity index (χ3v) is 9.01. The highest BCUT2D eigenvalue weighted by molar-refractivity contribution is 7.17. The number of aliphatic hydroxyl groups is 1. The van der Waals surface area contributed by atoms with Crippen LogP contribution in [0.3, 0.4) is 0 Å². The van der Waals surface area contributed by atoms with Crippen LogP contribution < -0.4 is 14.5 Å². The Morgan fingerprint density at radius 2 is 1.80 bits per heavy atom. The second-order valence-corrected chi connectivity index (χ2v) is 12.1. The molecule has 3 heterocycles. The summed E-state index contributed by atoms with van der Waals surface area (Å²) in [5.74, 6) is 0.714. The topological polar surface area (TPSA) is 74.7 Å². The number of unbranched alkanes of at least 4 members (excludes halogenated alkanes) is 1. The van der Waals surface area contributed by atoms with Crippen molar-refractivity contribution in [2.24, 2.45) is 0 Å². The van der Waals surface area contributed by atoms with E-state index in [1.54, 1.807) is 28.4 Å². The third-order valence-electron chi connectivity index (χ3n) is 8.13. The van der Waals surface area contributed by atoms with Crippen LogP contribution in [0.15, 0.2) is 90.3 Å². The van der Waals surface area contributed by atoms with Crippen molar-refractivity contribution in [2.45, 2.75) is 19.1 Å². The van der Waals surface area contributed by atoms with E-state index in [9.17, 15) is 9.90 Å². The summed E-state index contributed by atoms with van der Waals surface area (Å²) >= 11 is 1.80. The van der Waals surface area contributed by atoms with Crippen molar-refractivity contribution < 1.29 is 24.1 Å². The molecule has 2 aliphatic heterocycles. The predicted octanol–water partition coefficient (Wildman–Crippen LogP) is 6.86. The molecule has 234 valence electrons. The molecule has 1 N–H and O–H groups in total. The number of anilines is 2. The Morgan fingerprint density at radius 3 is 2.67 bits per heavy atom. The van der Waals surface area contributed by atoms with Crippen molar-refractivity contribution in [3.05, 3.63) is 101 Å². The number of rotatable bonds is 12. The molecule has 1 atom stereocenters. The molecule has 1 saturated heterocycles. The molecule has 0 bridgehead atoms. The maximum absolute atomic E-state index is 12.2. The number of nitrogens with zero attached hydrogens (tertiary/aromatic N) is 3. The minimum absolute atomic E-state index is 0.0906. The van der Waals surface area contributed by atoms with Gasteiger partial charge >= 0.3 is 6.16 Å². The molecule has 9 heteroatoms. The molecule has 1 fully saturated rings. The number of piperazine rings is 1. The van der Waals surface area contributed by atoms with Crippen LogP contribution >= 0.6 is 11.3 Å². The summed E-state index contributed by atoms with van der Waals surface area (Å²) < 4.78 is 17.9. The van der Waals surface area contributed by atoms with Crippen LogP contribution in [0.5, 0.6) is 5.75 Å². The van der Waals surface area contributed by atoms with Crippen molar-refractivity contribution in [1.29, 1.82) is 0 Å². The average Bonchev–Trinajstić information content (AvgIpc) is 3.56. The van der Waals surface area contributed by atoms with Gasteiger partial charge in [0.15, 0.2) is 6.73 Å². The highest BCUT2D eigenvalue weighted by Crippen LogP contribution is 2.33. The molecule has 8 nitrogen and oxygen atoms in total. The fourth-order valence-corrected chi connectivity index (χ4v) is 6.51. The number of thiophene rings is 1. The van der Waals surface area contributed by atoms with Crippen LogP contribution in [-0.2, 0) is 9.47 Å². The van der Waals surface area contributed by atoms with Gasteiger partial charge in [-0.05, 0) is 78.4 Å². The molecule has 6 rings (SSSR count). The predicted molar refractivity (Wildman–Crippen MR) is 182 cm³/mol. The molecule has 0 saturated carbocycles. The van der Waals surface area contributed by atoms with Crippen LogP contribution in [0.4, 0.5) is 16.2 Å². The summed E-state index contributed by atoms with van der Waals surface area (Å²) in [6.07, 6.45) is 7.42. The Morgan fingerprint density at radius 1 is 0.933 bits per heavy atom. The van der Waals surface area contributed by atoms with Gasteiger partial charge in [0.1, 0.15) is 18.6 Å². The van der Waals surface area contributed by atoms with Crippen molar-refractivity contribution in [2.75, 3.05) is 62.5 Å². The lowest BCUT2D eigenvalue weighted by atomic mass is 10.1. The second kappa shape index (κ2) is 15.1. The number of carbonyl (C=O) groups is 1. The first-order chi connectivity index (χ1) is 22.1. The first-order valence-corrected chi connectivity index (χ1v) is 16.4. The SMILES string of the molecule is O=C(OCC=Cc1ccccc1)OCN1c2cc(OCCCCN3CCN(c4cccc5sccc45)CC3)ccc2C=CC1O. The zero-order valence-corrected chi connectivity index (χ0v) is 26.1. The molecular weight excluding hydrogens is 586 g/mol. The molecule has 4 aromatic rings. The van der Waals surface area contributed by atoms with Crippen molar-refractivity contribution in [3.8, 4) is 5.75 Å². The molecule has 1 aromatic heterocycles. The van der Waals surface area contributed by atoms with E-state index in [0.717, 1.165) is 62.4 Å². The zero-order chi connectivity index (χ0) is 30.8. The number of ether oxygens (including phenoxy) is 3. The lowest BCUT2D eigenvalue weighted by Crippen LogP contribution is -2.46. The highest BCUT2D eigenvalue weighted by atomic mass is 32.1. The van der Waals surface area contributed by atoms with Gasteiger partial charge in [0.2, 0.25) is 0 Å². The quantitative estimate of drug-likeness (QED) is 0.135. The van der Waals surface area contributed by atoms with E-state index in [0.29, 0.717) is 12.4 Å². The molecule has 3 aromatic carbocycles. The van der Waals surface area contributed by atoms with Crippen LogP contribution in [-0.4, -0.2) is 75.1 Å². The zero-order valence-electron chi connectivity index (χ0n) is 25.3. The number of benzene rings is 3. The normalized spacial score (nSPS) is 16.7. The third kappa shape index (κ3) is 8.05. The van der Waals surface area contributed by atoms with Crippen molar-refractivity contribution >= 4 is 51.1 Å². The second-order valence-electron chi connectivity index (χ2n) is 11.1. The van der Waals surface area contributed by atoms with Gasteiger partial charge in [0.05, 0.1) is 12.3 Å². The van der Waals surface area contributed by atoms with E-state index in [-0.39, 0.29) is 13.3 Å². The van der Waals surface area contributed by atoms with E-state index in [1.165, 1.54) is 15.8 Å². The van der Waals surface area contributed by atoms with Gasteiger partial charge < -0.3 is 29.1 Å². The van der Waals surface area contributed by atoms with E-state index >= 15 is 0 Å². The lowest BCUT2D eigenvalue weighted by molar-refractivity contribution is 0.0551. The lowest BCUT2D eigenvalue weighted by Gasteiger charge is -2.36. The van der Waals surface area contributed by atoms with E-state index < -0.39 is 12.4 Å². The molecular formula is C36H39N3O5S. The van der Waals surface area contributed by atoms with Crippen LogP contribution in [0.2, 0.25) is 0 Å². The fourth-order valence-electron chi connectivity index (χ4n) is 5.71. The maximum atomic E-state index is 12.2. The number of carbonyl (C=O) groups excluding carboxylic acids is 1. The summed E-state index contributed by atoms with van der Waals surface area (Å²) in [7, 11) is 0. The van der Waals surface area contributed by atoms with Crippen molar-refractivity contribution in [1.82, 2.24) is 4.90 Å². The van der Waals surface area contributed by atoms with E-state index in [1.807, 2.05) is 60.7 Å². The summed E-state index contributed by atoms with van der Waals surface area (Å²) in [5, 5.41) is 14.1. The summed E-state index contributed by atoms with van der Waals surface area (Å²) in [6, 6.07) is 24.4. The maximum Gasteiger partial charge on any atom is 0.510 e. The van der Waals surface area contributed by atoms with Gasteiger partial charge in [0.25, 0.3) is 0 Å². The smallest absolute Gasteiger partial charge is 0.494 e. The fraction of sp³-hybridized carbons (Fsp3) is 0.306. The average molecular weight is 626 g/mol. The Kier molecular flexibility index (Phi) is 10.3. The number of fused-ring (bicyclic) bond motifs is 2. The monoisotopic (exact) mass is 625 g/mol. The number of aliphatic hydroxyl groups excluding tert-OH is 1.